The minimum atomic E-state index is -0.0166. The summed E-state index contributed by atoms with van der Waals surface area (Å²) in [5, 5.41) is 3.73. The molecule has 0 unspecified atom stereocenters. The Morgan fingerprint density at radius 2 is 1.88 bits per heavy atom. The van der Waals surface area contributed by atoms with Gasteiger partial charge < -0.3 is 10.2 Å². The molecule has 3 nitrogen and oxygen atoms in total. The van der Waals surface area contributed by atoms with E-state index in [9.17, 15) is 4.79 Å². The molecule has 0 saturated carbocycles. The molecule has 0 spiro atoms. The molecule has 0 aliphatic carbocycles. The largest absolute Gasteiger partial charge is 0.372 e. The maximum absolute atomic E-state index is 12.3. The summed E-state index contributed by atoms with van der Waals surface area (Å²) in [5.41, 5.74) is 3.33. The van der Waals surface area contributed by atoms with E-state index in [0.717, 1.165) is 30.1 Å². The molecule has 138 valence electrons. The third-order valence-corrected chi connectivity index (χ3v) is 5.41. The van der Waals surface area contributed by atoms with E-state index in [4.69, 9.17) is 11.6 Å². The molecular formula is C22H27ClN2O. The summed E-state index contributed by atoms with van der Waals surface area (Å²) in [6.45, 7) is 6.61. The molecule has 26 heavy (non-hydrogen) atoms. The second-order valence-electron chi connectivity index (χ2n) is 7.36. The van der Waals surface area contributed by atoms with E-state index in [1.807, 2.05) is 31.2 Å². The normalized spacial score (nSPS) is 16.3. The van der Waals surface area contributed by atoms with Crippen molar-refractivity contribution in [2.24, 2.45) is 5.92 Å². The Morgan fingerprint density at radius 3 is 2.54 bits per heavy atom. The molecule has 1 atom stereocenters. The number of halogens is 1. The Hall–Kier alpha value is -2.00. The number of nitrogens with zero attached hydrogens (tertiary/aromatic N) is 1. The van der Waals surface area contributed by atoms with Gasteiger partial charge in [-0.2, -0.15) is 0 Å². The summed E-state index contributed by atoms with van der Waals surface area (Å²) in [4.78, 5) is 14.7. The number of anilines is 1. The van der Waals surface area contributed by atoms with E-state index in [1.165, 1.54) is 18.5 Å². The van der Waals surface area contributed by atoms with Gasteiger partial charge in [0.15, 0.2) is 0 Å². The average molecular weight is 371 g/mol. The fourth-order valence-electron chi connectivity index (χ4n) is 3.45. The monoisotopic (exact) mass is 370 g/mol. The van der Waals surface area contributed by atoms with Crippen LogP contribution < -0.4 is 10.2 Å². The van der Waals surface area contributed by atoms with Gasteiger partial charge in [-0.05, 0) is 61.1 Å². The standard InChI is InChI=1S/C22H27ClN2O/c1-16-10-12-25(13-11-16)21-8-6-19(7-9-21)17(2)24-22(26)15-18-4-3-5-20(23)14-18/h3-9,14,16-17H,10-13,15H2,1-2H3,(H,24,26)/t17-/m0/s1. The lowest BCUT2D eigenvalue weighted by molar-refractivity contribution is -0.121. The predicted octanol–water partition coefficient (Wildman–Crippen LogP) is 5.00. The maximum Gasteiger partial charge on any atom is 0.224 e. The fourth-order valence-corrected chi connectivity index (χ4v) is 3.66. The molecule has 2 aromatic rings. The summed E-state index contributed by atoms with van der Waals surface area (Å²) in [7, 11) is 0. The molecule has 1 N–H and O–H groups in total. The number of carbonyl (C=O) groups excluding carboxylic acids is 1. The second kappa shape index (κ2) is 8.59. The Morgan fingerprint density at radius 1 is 1.19 bits per heavy atom. The molecule has 0 radical (unpaired) electrons. The van der Waals surface area contributed by atoms with Gasteiger partial charge in [-0.3, -0.25) is 4.79 Å². The molecule has 1 aliphatic heterocycles. The molecule has 4 heteroatoms. The molecule has 1 heterocycles. The lowest BCUT2D eigenvalue weighted by Gasteiger charge is -2.32. The molecular weight excluding hydrogens is 344 g/mol. The zero-order valence-electron chi connectivity index (χ0n) is 15.5. The van der Waals surface area contributed by atoms with Gasteiger partial charge in [0, 0.05) is 23.8 Å². The zero-order valence-corrected chi connectivity index (χ0v) is 16.3. The first-order valence-electron chi connectivity index (χ1n) is 9.40. The molecule has 0 aromatic heterocycles. The van der Waals surface area contributed by atoms with Crippen LogP contribution in [0.5, 0.6) is 0 Å². The summed E-state index contributed by atoms with van der Waals surface area (Å²) >= 11 is 5.98. The third kappa shape index (κ3) is 5.01. The maximum atomic E-state index is 12.3. The minimum Gasteiger partial charge on any atom is -0.372 e. The summed E-state index contributed by atoms with van der Waals surface area (Å²) < 4.78 is 0. The number of amides is 1. The molecule has 2 aromatic carbocycles. The highest BCUT2D eigenvalue weighted by molar-refractivity contribution is 6.30. The van der Waals surface area contributed by atoms with Crippen molar-refractivity contribution in [3.05, 3.63) is 64.7 Å². The first-order valence-corrected chi connectivity index (χ1v) is 9.78. The van der Waals surface area contributed by atoms with E-state index in [0.29, 0.717) is 11.4 Å². The zero-order chi connectivity index (χ0) is 18.5. The van der Waals surface area contributed by atoms with E-state index < -0.39 is 0 Å². The Balaban J connectivity index is 1.56. The summed E-state index contributed by atoms with van der Waals surface area (Å²) in [5.74, 6) is 0.842. The highest BCUT2D eigenvalue weighted by Crippen LogP contribution is 2.24. The van der Waals surface area contributed by atoms with Gasteiger partial charge >= 0.3 is 0 Å². The summed E-state index contributed by atoms with van der Waals surface area (Å²) in [6.07, 6.45) is 2.87. The number of piperidine rings is 1. The van der Waals surface area contributed by atoms with Crippen LogP contribution in [0.2, 0.25) is 5.02 Å². The van der Waals surface area contributed by atoms with Crippen molar-refractivity contribution >= 4 is 23.2 Å². The van der Waals surface area contributed by atoms with E-state index in [1.54, 1.807) is 0 Å². The third-order valence-electron chi connectivity index (χ3n) is 5.17. The number of rotatable bonds is 5. The van der Waals surface area contributed by atoms with Crippen molar-refractivity contribution in [1.82, 2.24) is 5.32 Å². The van der Waals surface area contributed by atoms with Gasteiger partial charge in [-0.1, -0.05) is 42.8 Å². The van der Waals surface area contributed by atoms with E-state index >= 15 is 0 Å². The van der Waals surface area contributed by atoms with Crippen LogP contribution in [-0.2, 0) is 11.2 Å². The van der Waals surface area contributed by atoms with Crippen LogP contribution in [-0.4, -0.2) is 19.0 Å². The SMILES string of the molecule is CC1CCN(c2ccc([C@H](C)NC(=O)Cc3cccc(Cl)c3)cc2)CC1. The van der Waals surface area contributed by atoms with Crippen LogP contribution in [0.25, 0.3) is 0 Å². The Bertz CT molecular complexity index is 736. The second-order valence-corrected chi connectivity index (χ2v) is 7.79. The molecule has 0 bridgehead atoms. The van der Waals surface area contributed by atoms with Crippen molar-refractivity contribution in [3.8, 4) is 0 Å². The number of hydrogen-bond donors (Lipinski definition) is 1. The van der Waals surface area contributed by atoms with Gasteiger partial charge in [0.2, 0.25) is 5.91 Å². The van der Waals surface area contributed by atoms with Gasteiger partial charge in [0.1, 0.15) is 0 Å². The highest BCUT2D eigenvalue weighted by atomic mass is 35.5. The van der Waals surface area contributed by atoms with Crippen molar-refractivity contribution in [1.29, 1.82) is 0 Å². The van der Waals surface area contributed by atoms with Crippen LogP contribution in [0.1, 0.15) is 43.9 Å². The van der Waals surface area contributed by atoms with Gasteiger partial charge in [-0.25, -0.2) is 0 Å². The van der Waals surface area contributed by atoms with Gasteiger partial charge in [0.05, 0.1) is 12.5 Å². The van der Waals surface area contributed by atoms with Crippen LogP contribution in [0.3, 0.4) is 0 Å². The molecule has 3 rings (SSSR count). The topological polar surface area (TPSA) is 32.3 Å². The lowest BCUT2D eigenvalue weighted by Crippen LogP contribution is -2.32. The van der Waals surface area contributed by atoms with Crippen LogP contribution in [0, 0.1) is 5.92 Å². The predicted molar refractivity (Wildman–Crippen MR) is 109 cm³/mol. The highest BCUT2D eigenvalue weighted by Gasteiger charge is 2.16. The van der Waals surface area contributed by atoms with Crippen LogP contribution in [0.4, 0.5) is 5.69 Å². The van der Waals surface area contributed by atoms with Crippen LogP contribution in [0.15, 0.2) is 48.5 Å². The number of nitrogens with one attached hydrogen (secondary N) is 1. The number of hydrogen-bond acceptors (Lipinski definition) is 2. The lowest BCUT2D eigenvalue weighted by atomic mass is 9.98. The van der Waals surface area contributed by atoms with Crippen molar-refractivity contribution in [2.75, 3.05) is 18.0 Å². The first-order chi connectivity index (χ1) is 12.5. The van der Waals surface area contributed by atoms with Gasteiger partial charge in [0.25, 0.3) is 0 Å². The molecule has 1 fully saturated rings. The summed E-state index contributed by atoms with van der Waals surface area (Å²) in [6, 6.07) is 16.0. The fraction of sp³-hybridized carbons (Fsp3) is 0.409. The average Bonchev–Trinajstić information content (AvgIpc) is 2.62. The minimum absolute atomic E-state index is 0.00820. The van der Waals surface area contributed by atoms with Crippen molar-refractivity contribution < 1.29 is 4.79 Å². The van der Waals surface area contributed by atoms with Gasteiger partial charge in [-0.15, -0.1) is 0 Å². The smallest absolute Gasteiger partial charge is 0.224 e. The molecule has 1 aliphatic rings. The van der Waals surface area contributed by atoms with E-state index in [-0.39, 0.29) is 11.9 Å². The number of benzene rings is 2. The van der Waals surface area contributed by atoms with Crippen LogP contribution >= 0.6 is 11.6 Å². The molecule has 1 saturated heterocycles. The number of carbonyl (C=O) groups is 1. The quantitative estimate of drug-likeness (QED) is 0.803. The Labute approximate surface area is 161 Å². The van der Waals surface area contributed by atoms with E-state index in [2.05, 4.69) is 41.4 Å². The van der Waals surface area contributed by atoms with Crippen molar-refractivity contribution in [3.63, 3.8) is 0 Å². The Kier molecular flexibility index (Phi) is 6.20. The van der Waals surface area contributed by atoms with Crippen molar-refractivity contribution in [2.45, 2.75) is 39.2 Å². The molecule has 1 amide bonds. The first kappa shape index (κ1) is 18.8.